The number of halogens is 1. The van der Waals surface area contributed by atoms with Crippen LogP contribution in [0.25, 0.3) is 0 Å². The SMILES string of the molecule is CSc1ccccc1OC(c1ccccc1F)C(C)N. The summed E-state index contributed by atoms with van der Waals surface area (Å²) in [6.45, 7) is 1.82. The van der Waals surface area contributed by atoms with E-state index in [1.54, 1.807) is 30.0 Å². The van der Waals surface area contributed by atoms with Crippen LogP contribution in [-0.4, -0.2) is 12.3 Å². The average molecular weight is 291 g/mol. The van der Waals surface area contributed by atoms with Crippen LogP contribution in [0.2, 0.25) is 0 Å². The predicted molar refractivity (Wildman–Crippen MR) is 81.6 cm³/mol. The van der Waals surface area contributed by atoms with Crippen molar-refractivity contribution in [3.8, 4) is 5.75 Å². The smallest absolute Gasteiger partial charge is 0.141 e. The fourth-order valence-electron chi connectivity index (χ4n) is 2.01. The number of benzene rings is 2. The maximum atomic E-state index is 13.9. The first-order valence-corrected chi connectivity index (χ1v) is 7.65. The molecule has 0 aliphatic rings. The third-order valence-corrected chi connectivity index (χ3v) is 3.79. The number of para-hydroxylation sites is 1. The highest BCUT2D eigenvalue weighted by atomic mass is 32.2. The van der Waals surface area contributed by atoms with E-state index in [0.29, 0.717) is 5.56 Å². The second-order valence-corrected chi connectivity index (χ2v) is 5.42. The highest BCUT2D eigenvalue weighted by Gasteiger charge is 2.22. The molecule has 2 rings (SSSR count). The molecular formula is C16H18FNOS. The Bertz CT molecular complexity index is 574. The number of ether oxygens (including phenoxy) is 1. The van der Waals surface area contributed by atoms with E-state index in [1.165, 1.54) is 6.07 Å². The summed E-state index contributed by atoms with van der Waals surface area (Å²) in [7, 11) is 0. The molecule has 2 aromatic rings. The van der Waals surface area contributed by atoms with Crippen LogP contribution in [0, 0.1) is 5.82 Å². The molecular weight excluding hydrogens is 273 g/mol. The molecule has 2 unspecified atom stereocenters. The van der Waals surface area contributed by atoms with E-state index in [-0.39, 0.29) is 11.9 Å². The summed E-state index contributed by atoms with van der Waals surface area (Å²) in [4.78, 5) is 1.01. The van der Waals surface area contributed by atoms with Gasteiger partial charge in [-0.1, -0.05) is 30.3 Å². The Hall–Kier alpha value is -1.52. The van der Waals surface area contributed by atoms with Crippen LogP contribution in [-0.2, 0) is 0 Å². The molecule has 2 aromatic carbocycles. The normalized spacial score (nSPS) is 13.8. The number of hydrogen-bond acceptors (Lipinski definition) is 3. The molecule has 0 aromatic heterocycles. The Labute approximate surface area is 123 Å². The van der Waals surface area contributed by atoms with Gasteiger partial charge < -0.3 is 10.5 Å². The second kappa shape index (κ2) is 6.77. The van der Waals surface area contributed by atoms with Gasteiger partial charge in [-0.25, -0.2) is 4.39 Å². The van der Waals surface area contributed by atoms with E-state index < -0.39 is 6.10 Å². The minimum absolute atomic E-state index is 0.295. The highest BCUT2D eigenvalue weighted by Crippen LogP contribution is 2.32. The van der Waals surface area contributed by atoms with Gasteiger partial charge in [0.05, 0.1) is 0 Å². The van der Waals surface area contributed by atoms with Crippen molar-refractivity contribution in [2.75, 3.05) is 6.26 Å². The maximum absolute atomic E-state index is 13.9. The molecule has 0 spiro atoms. The van der Waals surface area contributed by atoms with Crippen LogP contribution in [0.5, 0.6) is 5.75 Å². The molecule has 0 bridgehead atoms. The molecule has 0 saturated carbocycles. The molecule has 0 radical (unpaired) electrons. The Morgan fingerprint density at radius 2 is 1.75 bits per heavy atom. The molecule has 2 N–H and O–H groups in total. The van der Waals surface area contributed by atoms with Crippen molar-refractivity contribution in [2.24, 2.45) is 5.73 Å². The summed E-state index contributed by atoms with van der Waals surface area (Å²) >= 11 is 1.59. The molecule has 2 atom stereocenters. The molecule has 0 saturated heterocycles. The van der Waals surface area contributed by atoms with E-state index in [2.05, 4.69) is 0 Å². The van der Waals surface area contributed by atoms with Crippen LogP contribution in [0.4, 0.5) is 4.39 Å². The minimum Gasteiger partial charge on any atom is -0.483 e. The van der Waals surface area contributed by atoms with Crippen LogP contribution in [0.3, 0.4) is 0 Å². The van der Waals surface area contributed by atoms with Crippen molar-refractivity contribution in [3.63, 3.8) is 0 Å². The Balaban J connectivity index is 2.34. The van der Waals surface area contributed by atoms with Crippen LogP contribution in [0.15, 0.2) is 53.4 Å². The van der Waals surface area contributed by atoms with Gasteiger partial charge in [-0.05, 0) is 31.4 Å². The van der Waals surface area contributed by atoms with Gasteiger partial charge in [-0.3, -0.25) is 0 Å². The first-order valence-electron chi connectivity index (χ1n) is 6.43. The summed E-state index contributed by atoms with van der Waals surface area (Å²) in [5.41, 5.74) is 6.46. The molecule has 20 heavy (non-hydrogen) atoms. The van der Waals surface area contributed by atoms with Crippen molar-refractivity contribution in [2.45, 2.75) is 24.0 Å². The van der Waals surface area contributed by atoms with Gasteiger partial charge >= 0.3 is 0 Å². The van der Waals surface area contributed by atoms with Crippen molar-refractivity contribution in [1.29, 1.82) is 0 Å². The summed E-state index contributed by atoms with van der Waals surface area (Å²) in [5, 5.41) is 0. The molecule has 106 valence electrons. The van der Waals surface area contributed by atoms with Gasteiger partial charge in [-0.2, -0.15) is 0 Å². The molecule has 0 aliphatic carbocycles. The zero-order valence-corrected chi connectivity index (χ0v) is 12.4. The van der Waals surface area contributed by atoms with Crippen molar-refractivity contribution in [3.05, 3.63) is 59.9 Å². The first kappa shape index (κ1) is 14.9. The monoisotopic (exact) mass is 291 g/mol. The third-order valence-electron chi connectivity index (χ3n) is 3.01. The molecule has 4 heteroatoms. The topological polar surface area (TPSA) is 35.2 Å². The predicted octanol–water partition coefficient (Wildman–Crippen LogP) is 4.01. The summed E-state index contributed by atoms with van der Waals surface area (Å²) in [5.74, 6) is 0.432. The number of hydrogen-bond donors (Lipinski definition) is 1. The molecule has 2 nitrogen and oxygen atoms in total. The standard InChI is InChI=1S/C16H18FNOS/c1-11(18)16(12-7-3-4-8-13(12)17)19-14-9-5-6-10-15(14)20-2/h3-11,16H,18H2,1-2H3. The number of thioether (sulfide) groups is 1. The second-order valence-electron chi connectivity index (χ2n) is 4.57. The fourth-order valence-corrected chi connectivity index (χ4v) is 2.54. The van der Waals surface area contributed by atoms with E-state index >= 15 is 0 Å². The largest absolute Gasteiger partial charge is 0.483 e. The maximum Gasteiger partial charge on any atom is 0.141 e. The fraction of sp³-hybridized carbons (Fsp3) is 0.250. The lowest BCUT2D eigenvalue weighted by Crippen LogP contribution is -2.29. The first-order chi connectivity index (χ1) is 9.63. The summed E-state index contributed by atoms with van der Waals surface area (Å²) in [6, 6.07) is 14.0. The number of rotatable bonds is 5. The summed E-state index contributed by atoms with van der Waals surface area (Å²) < 4.78 is 19.9. The van der Waals surface area contributed by atoms with E-state index in [0.717, 1.165) is 10.6 Å². The molecule has 0 aliphatic heterocycles. The van der Waals surface area contributed by atoms with Gasteiger partial charge in [-0.15, -0.1) is 11.8 Å². The molecule has 0 heterocycles. The lowest BCUT2D eigenvalue weighted by Gasteiger charge is -2.24. The molecule has 0 fully saturated rings. The van der Waals surface area contributed by atoms with E-state index in [4.69, 9.17) is 10.5 Å². The third kappa shape index (κ3) is 3.32. The Morgan fingerprint density at radius 1 is 1.10 bits per heavy atom. The van der Waals surface area contributed by atoms with Gasteiger partial charge in [0.15, 0.2) is 0 Å². The van der Waals surface area contributed by atoms with Gasteiger partial charge in [0, 0.05) is 16.5 Å². The molecule has 0 amide bonds. The van der Waals surface area contributed by atoms with E-state index in [1.807, 2.05) is 37.4 Å². The average Bonchev–Trinajstić information content (AvgIpc) is 2.46. The Morgan fingerprint density at radius 3 is 2.40 bits per heavy atom. The van der Waals surface area contributed by atoms with Crippen molar-refractivity contribution >= 4 is 11.8 Å². The van der Waals surface area contributed by atoms with Crippen LogP contribution in [0.1, 0.15) is 18.6 Å². The van der Waals surface area contributed by atoms with Gasteiger partial charge in [0.2, 0.25) is 0 Å². The Kier molecular flexibility index (Phi) is 5.04. The van der Waals surface area contributed by atoms with E-state index in [9.17, 15) is 4.39 Å². The zero-order valence-electron chi connectivity index (χ0n) is 11.5. The quantitative estimate of drug-likeness (QED) is 0.845. The van der Waals surface area contributed by atoms with Crippen LogP contribution < -0.4 is 10.5 Å². The lowest BCUT2D eigenvalue weighted by molar-refractivity contribution is 0.171. The lowest BCUT2D eigenvalue weighted by atomic mass is 10.0. The van der Waals surface area contributed by atoms with Crippen LogP contribution >= 0.6 is 11.8 Å². The summed E-state index contributed by atoms with van der Waals surface area (Å²) in [6.07, 6.45) is 1.47. The van der Waals surface area contributed by atoms with Gasteiger partial charge in [0.1, 0.15) is 17.7 Å². The highest BCUT2D eigenvalue weighted by molar-refractivity contribution is 7.98. The van der Waals surface area contributed by atoms with Gasteiger partial charge in [0.25, 0.3) is 0 Å². The zero-order chi connectivity index (χ0) is 14.5. The minimum atomic E-state index is -0.510. The van der Waals surface area contributed by atoms with Crippen molar-refractivity contribution < 1.29 is 9.13 Å². The van der Waals surface area contributed by atoms with Crippen molar-refractivity contribution in [1.82, 2.24) is 0 Å². The number of nitrogens with two attached hydrogens (primary N) is 1.